The molecule has 0 unspecified atom stereocenters. The summed E-state index contributed by atoms with van der Waals surface area (Å²) >= 11 is 0. The molecule has 0 aliphatic carbocycles. The molecule has 0 radical (unpaired) electrons. The van der Waals surface area contributed by atoms with Gasteiger partial charge < -0.3 is 4.90 Å². The predicted molar refractivity (Wildman–Crippen MR) is 121 cm³/mol. The smallest absolute Gasteiger partial charge is 0.229 e. The van der Waals surface area contributed by atoms with E-state index in [0.717, 1.165) is 24.1 Å². The van der Waals surface area contributed by atoms with Gasteiger partial charge in [0.15, 0.2) is 0 Å². The third-order valence-electron chi connectivity index (χ3n) is 5.27. The van der Waals surface area contributed by atoms with Crippen molar-refractivity contribution in [2.75, 3.05) is 0 Å². The second-order valence-electron chi connectivity index (χ2n) is 7.04. The molecule has 3 aromatic carbocycles. The summed E-state index contributed by atoms with van der Waals surface area (Å²) in [6, 6.07) is 29.3. The Bertz CT molecular complexity index is 971. The van der Waals surface area contributed by atoms with Crippen LogP contribution in [0.5, 0.6) is 0 Å². The van der Waals surface area contributed by atoms with Crippen molar-refractivity contribution in [2.24, 2.45) is 0 Å². The number of likely N-dealkylation sites (tertiary alicyclic amines) is 1. The number of aryl methyl sites for hydroxylation is 1. The molecule has 0 saturated carbocycles. The lowest BCUT2D eigenvalue weighted by Gasteiger charge is -2.42. The predicted octanol–water partition coefficient (Wildman–Crippen LogP) is 5.81. The van der Waals surface area contributed by atoms with Gasteiger partial charge in [0.05, 0.1) is 0 Å². The van der Waals surface area contributed by atoms with Crippen molar-refractivity contribution < 1.29 is 4.79 Å². The standard InChI is InChI=1S/C25H23NO.C2H2/c1-19(21-13-15-23(16-14-21)22-10-6-3-7-11-22)26-24(18-25(26)27)17-12-20-8-4-2-5-9-20;1-2/h2-11,13-16,24H,1,12,17-18H2;1-2H/t24-;/m1./s1. The lowest BCUT2D eigenvalue weighted by molar-refractivity contribution is -0.140. The van der Waals surface area contributed by atoms with Crippen molar-refractivity contribution in [3.63, 3.8) is 0 Å². The SMILES string of the molecule is C#C.C=C(c1ccc(-c2ccccc2)cc1)N1C(=O)C[C@H]1CCc1ccccc1. The molecule has 0 aromatic heterocycles. The molecule has 2 nitrogen and oxygen atoms in total. The van der Waals surface area contributed by atoms with Crippen molar-refractivity contribution >= 4 is 11.6 Å². The first-order chi connectivity index (χ1) is 14.2. The second-order valence-corrected chi connectivity index (χ2v) is 7.04. The molecule has 3 aromatic rings. The molecule has 2 heteroatoms. The Balaban J connectivity index is 0.00000117. The van der Waals surface area contributed by atoms with Crippen molar-refractivity contribution in [2.45, 2.75) is 25.3 Å². The van der Waals surface area contributed by atoms with E-state index in [1.807, 2.05) is 29.2 Å². The number of rotatable bonds is 6. The molecular weight excluding hydrogens is 354 g/mol. The van der Waals surface area contributed by atoms with Gasteiger partial charge in [-0.1, -0.05) is 91.5 Å². The molecule has 1 aliphatic rings. The van der Waals surface area contributed by atoms with Crippen LogP contribution in [0.1, 0.15) is 24.0 Å². The fourth-order valence-corrected chi connectivity index (χ4v) is 3.69. The Labute approximate surface area is 173 Å². The summed E-state index contributed by atoms with van der Waals surface area (Å²) in [6.45, 7) is 4.21. The monoisotopic (exact) mass is 379 g/mol. The number of carbonyl (C=O) groups excluding carboxylic acids is 1. The van der Waals surface area contributed by atoms with Gasteiger partial charge in [-0.2, -0.15) is 0 Å². The van der Waals surface area contributed by atoms with E-state index in [9.17, 15) is 4.79 Å². The Morgan fingerprint density at radius 1 is 0.862 bits per heavy atom. The van der Waals surface area contributed by atoms with Crippen LogP contribution in [0.3, 0.4) is 0 Å². The molecule has 1 heterocycles. The first-order valence-electron chi connectivity index (χ1n) is 9.76. The van der Waals surface area contributed by atoms with Crippen LogP contribution >= 0.6 is 0 Å². The molecule has 1 atom stereocenters. The summed E-state index contributed by atoms with van der Waals surface area (Å²) in [7, 11) is 0. The highest BCUT2D eigenvalue weighted by Crippen LogP contribution is 2.33. The van der Waals surface area contributed by atoms with Gasteiger partial charge in [0.25, 0.3) is 0 Å². The van der Waals surface area contributed by atoms with E-state index in [1.54, 1.807) is 0 Å². The van der Waals surface area contributed by atoms with Crippen LogP contribution in [-0.4, -0.2) is 16.8 Å². The molecule has 29 heavy (non-hydrogen) atoms. The minimum Gasteiger partial charge on any atom is -0.309 e. The van der Waals surface area contributed by atoms with Gasteiger partial charge in [-0.15, -0.1) is 12.8 Å². The van der Waals surface area contributed by atoms with Crippen LogP contribution in [0, 0.1) is 12.8 Å². The van der Waals surface area contributed by atoms with E-state index in [4.69, 9.17) is 0 Å². The highest BCUT2D eigenvalue weighted by Gasteiger charge is 2.37. The van der Waals surface area contributed by atoms with Gasteiger partial charge >= 0.3 is 0 Å². The van der Waals surface area contributed by atoms with Gasteiger partial charge in [-0.3, -0.25) is 4.79 Å². The number of hydrogen-bond acceptors (Lipinski definition) is 1. The fourth-order valence-electron chi connectivity index (χ4n) is 3.69. The Morgan fingerprint density at radius 3 is 2.00 bits per heavy atom. The zero-order chi connectivity index (χ0) is 20.6. The lowest BCUT2D eigenvalue weighted by atomic mass is 9.92. The third-order valence-corrected chi connectivity index (χ3v) is 5.27. The van der Waals surface area contributed by atoms with Crippen LogP contribution < -0.4 is 0 Å². The van der Waals surface area contributed by atoms with E-state index < -0.39 is 0 Å². The molecule has 4 rings (SSSR count). The molecule has 144 valence electrons. The average molecular weight is 380 g/mol. The lowest BCUT2D eigenvalue weighted by Crippen LogP contribution is -2.51. The van der Waals surface area contributed by atoms with Crippen LogP contribution in [0.2, 0.25) is 0 Å². The topological polar surface area (TPSA) is 20.3 Å². The zero-order valence-electron chi connectivity index (χ0n) is 16.5. The largest absolute Gasteiger partial charge is 0.309 e. The Hall–Kier alpha value is -3.57. The summed E-state index contributed by atoms with van der Waals surface area (Å²) in [5, 5.41) is 0. The highest BCUT2D eigenvalue weighted by atomic mass is 16.2. The number of benzene rings is 3. The number of terminal acetylenes is 1. The summed E-state index contributed by atoms with van der Waals surface area (Å²) in [4.78, 5) is 14.1. The van der Waals surface area contributed by atoms with Crippen LogP contribution in [0.25, 0.3) is 16.8 Å². The highest BCUT2D eigenvalue weighted by molar-refractivity contribution is 5.92. The Kier molecular flexibility index (Phi) is 6.66. The maximum atomic E-state index is 12.2. The second kappa shape index (κ2) is 9.57. The van der Waals surface area contributed by atoms with Gasteiger partial charge in [-0.05, 0) is 35.1 Å². The van der Waals surface area contributed by atoms with E-state index >= 15 is 0 Å². The fraction of sp³-hybridized carbons (Fsp3) is 0.148. The number of amides is 1. The van der Waals surface area contributed by atoms with Gasteiger partial charge in [0.1, 0.15) is 0 Å². The van der Waals surface area contributed by atoms with E-state index in [2.05, 4.69) is 80.1 Å². The third kappa shape index (κ3) is 4.65. The van der Waals surface area contributed by atoms with E-state index in [1.165, 1.54) is 16.7 Å². The van der Waals surface area contributed by atoms with Crippen molar-refractivity contribution in [1.82, 2.24) is 4.90 Å². The van der Waals surface area contributed by atoms with Crippen molar-refractivity contribution in [3.05, 3.63) is 103 Å². The Morgan fingerprint density at radius 2 is 1.41 bits per heavy atom. The van der Waals surface area contributed by atoms with Crippen LogP contribution in [-0.2, 0) is 11.2 Å². The summed E-state index contributed by atoms with van der Waals surface area (Å²) in [6.07, 6.45) is 10.6. The molecule has 0 spiro atoms. The number of hydrogen-bond donors (Lipinski definition) is 0. The molecule has 1 saturated heterocycles. The first-order valence-corrected chi connectivity index (χ1v) is 9.76. The normalized spacial score (nSPS) is 15.0. The number of carbonyl (C=O) groups is 1. The molecule has 1 aliphatic heterocycles. The molecule has 0 N–H and O–H groups in total. The summed E-state index contributed by atoms with van der Waals surface area (Å²) in [5.41, 5.74) is 5.49. The molecule has 1 fully saturated rings. The minimum absolute atomic E-state index is 0.171. The number of β-lactam (4-membered cyclic amide) rings is 1. The van der Waals surface area contributed by atoms with Gasteiger partial charge in [0, 0.05) is 18.2 Å². The quantitative estimate of drug-likeness (QED) is 0.391. The molecule has 1 amide bonds. The van der Waals surface area contributed by atoms with Crippen molar-refractivity contribution in [1.29, 1.82) is 0 Å². The maximum Gasteiger partial charge on any atom is 0.229 e. The summed E-state index contributed by atoms with van der Waals surface area (Å²) in [5.74, 6) is 0.171. The van der Waals surface area contributed by atoms with Gasteiger partial charge in [-0.25, -0.2) is 0 Å². The molecule has 0 bridgehead atoms. The van der Waals surface area contributed by atoms with E-state index in [-0.39, 0.29) is 11.9 Å². The van der Waals surface area contributed by atoms with Crippen LogP contribution in [0.15, 0.2) is 91.5 Å². The summed E-state index contributed by atoms with van der Waals surface area (Å²) < 4.78 is 0. The van der Waals surface area contributed by atoms with Gasteiger partial charge in [0.2, 0.25) is 5.91 Å². The number of nitrogens with zero attached hydrogens (tertiary/aromatic N) is 1. The maximum absolute atomic E-state index is 12.2. The van der Waals surface area contributed by atoms with Crippen LogP contribution in [0.4, 0.5) is 0 Å². The average Bonchev–Trinajstić information content (AvgIpc) is 2.79. The minimum atomic E-state index is 0.171. The first kappa shape index (κ1) is 20.2. The van der Waals surface area contributed by atoms with Crippen molar-refractivity contribution in [3.8, 4) is 24.0 Å². The zero-order valence-corrected chi connectivity index (χ0v) is 16.5. The van der Waals surface area contributed by atoms with E-state index in [0.29, 0.717) is 6.42 Å². The molecular formula is C27H25NO.